The van der Waals surface area contributed by atoms with Crippen molar-refractivity contribution in [3.05, 3.63) is 17.7 Å². The number of hydrogen-bond donors (Lipinski definition) is 1. The molecular formula is C12H16N2O4. The first kappa shape index (κ1) is 14.0. The summed E-state index contributed by atoms with van der Waals surface area (Å²) in [5.74, 6) is 0.408. The molecule has 0 saturated heterocycles. The molecule has 0 aromatic carbocycles. The number of methoxy groups -OCH3 is 1. The highest BCUT2D eigenvalue weighted by molar-refractivity contribution is 5.85. The van der Waals surface area contributed by atoms with Gasteiger partial charge in [-0.2, -0.15) is 4.98 Å². The molecule has 98 valence electrons. The molecule has 18 heavy (non-hydrogen) atoms. The molecule has 1 aromatic rings. The number of rotatable bonds is 3. The molecule has 0 atom stereocenters. The predicted octanol–water partition coefficient (Wildman–Crippen LogP) is 2.25. The number of hydrogen-bond acceptors (Lipinski definition) is 5. The maximum atomic E-state index is 11.5. The van der Waals surface area contributed by atoms with Gasteiger partial charge in [0.25, 0.3) is 0 Å². The molecule has 0 bridgehead atoms. The number of nitrogens with one attached hydrogen (secondary N) is 1. The lowest BCUT2D eigenvalue weighted by molar-refractivity contribution is 0.0635. The Morgan fingerprint density at radius 3 is 2.56 bits per heavy atom. The van der Waals surface area contributed by atoms with Crippen molar-refractivity contribution in [1.29, 1.82) is 0 Å². The van der Waals surface area contributed by atoms with E-state index in [0.29, 0.717) is 11.8 Å². The molecule has 1 N–H and O–H groups in total. The smallest absolute Gasteiger partial charge is 0.413 e. The lowest BCUT2D eigenvalue weighted by Crippen LogP contribution is -2.27. The van der Waals surface area contributed by atoms with Crippen LogP contribution in [-0.2, 0) is 4.74 Å². The Bertz CT molecular complexity index is 452. The number of ether oxygens (including phenoxy) is 2. The van der Waals surface area contributed by atoms with E-state index in [2.05, 4.69) is 10.3 Å². The van der Waals surface area contributed by atoms with E-state index in [1.165, 1.54) is 19.2 Å². The third-order valence-corrected chi connectivity index (χ3v) is 1.84. The Labute approximate surface area is 105 Å². The van der Waals surface area contributed by atoms with Gasteiger partial charge >= 0.3 is 6.09 Å². The third kappa shape index (κ3) is 4.04. The standard InChI is InChI=1S/C12H16N2O4/c1-12(2,3)18-11(16)14-9-6-5-8(7-15)10(13-9)17-4/h5-7H,1-4H3,(H,13,14,16). The maximum absolute atomic E-state index is 11.5. The molecule has 1 rings (SSSR count). The second kappa shape index (κ2) is 5.48. The van der Waals surface area contributed by atoms with Crippen LogP contribution in [0.3, 0.4) is 0 Å². The van der Waals surface area contributed by atoms with E-state index < -0.39 is 11.7 Å². The molecule has 0 spiro atoms. The van der Waals surface area contributed by atoms with Gasteiger partial charge in [0.05, 0.1) is 12.7 Å². The van der Waals surface area contributed by atoms with Crippen LogP contribution < -0.4 is 10.1 Å². The van der Waals surface area contributed by atoms with Gasteiger partial charge in [0.2, 0.25) is 5.88 Å². The van der Waals surface area contributed by atoms with E-state index in [-0.39, 0.29) is 11.7 Å². The molecule has 0 aliphatic rings. The van der Waals surface area contributed by atoms with Gasteiger partial charge in [0, 0.05) is 0 Å². The van der Waals surface area contributed by atoms with Crippen LogP contribution in [0.4, 0.5) is 10.6 Å². The van der Waals surface area contributed by atoms with Gasteiger partial charge in [-0.1, -0.05) is 0 Å². The Hall–Kier alpha value is -2.11. The molecule has 0 fully saturated rings. The van der Waals surface area contributed by atoms with E-state index in [9.17, 15) is 9.59 Å². The Morgan fingerprint density at radius 1 is 1.39 bits per heavy atom. The summed E-state index contributed by atoms with van der Waals surface area (Å²) in [6, 6.07) is 3.00. The minimum Gasteiger partial charge on any atom is -0.480 e. The lowest BCUT2D eigenvalue weighted by atomic mass is 10.2. The van der Waals surface area contributed by atoms with Crippen LogP contribution in [0.1, 0.15) is 31.1 Å². The summed E-state index contributed by atoms with van der Waals surface area (Å²) < 4.78 is 10.00. The van der Waals surface area contributed by atoms with E-state index in [1.807, 2.05) is 0 Å². The molecular weight excluding hydrogens is 236 g/mol. The molecule has 6 heteroatoms. The summed E-state index contributed by atoms with van der Waals surface area (Å²) in [5.41, 5.74) is -0.274. The summed E-state index contributed by atoms with van der Waals surface area (Å²) >= 11 is 0. The summed E-state index contributed by atoms with van der Waals surface area (Å²) in [6.45, 7) is 5.28. The average Bonchev–Trinajstić information content (AvgIpc) is 2.26. The van der Waals surface area contributed by atoms with Crippen LogP contribution in [-0.4, -0.2) is 30.1 Å². The van der Waals surface area contributed by atoms with Crippen LogP contribution in [0, 0.1) is 0 Å². The number of carbonyl (C=O) groups excluding carboxylic acids is 2. The normalized spacial score (nSPS) is 10.7. The van der Waals surface area contributed by atoms with Crippen molar-refractivity contribution in [2.75, 3.05) is 12.4 Å². The fraction of sp³-hybridized carbons (Fsp3) is 0.417. The maximum Gasteiger partial charge on any atom is 0.413 e. The first-order chi connectivity index (χ1) is 8.35. The molecule has 0 unspecified atom stereocenters. The van der Waals surface area contributed by atoms with Crippen LogP contribution >= 0.6 is 0 Å². The zero-order valence-corrected chi connectivity index (χ0v) is 10.8. The number of aromatic nitrogens is 1. The Kier molecular flexibility index (Phi) is 4.25. The molecule has 0 aliphatic heterocycles. The first-order valence-corrected chi connectivity index (χ1v) is 5.36. The Morgan fingerprint density at radius 2 is 2.06 bits per heavy atom. The second-order valence-corrected chi connectivity index (χ2v) is 4.54. The minimum atomic E-state index is -0.615. The SMILES string of the molecule is COc1nc(NC(=O)OC(C)(C)C)ccc1C=O. The van der Waals surface area contributed by atoms with Crippen LogP contribution in [0.15, 0.2) is 12.1 Å². The monoisotopic (exact) mass is 252 g/mol. The van der Waals surface area contributed by atoms with Crippen molar-refractivity contribution in [1.82, 2.24) is 4.98 Å². The average molecular weight is 252 g/mol. The van der Waals surface area contributed by atoms with E-state index in [4.69, 9.17) is 9.47 Å². The summed E-state index contributed by atoms with van der Waals surface area (Å²) in [6.07, 6.45) is 0.0132. The van der Waals surface area contributed by atoms with Gasteiger partial charge in [-0.3, -0.25) is 10.1 Å². The van der Waals surface area contributed by atoms with E-state index in [0.717, 1.165) is 0 Å². The van der Waals surface area contributed by atoms with Gasteiger partial charge in [0.1, 0.15) is 11.4 Å². The van der Waals surface area contributed by atoms with Crippen molar-refractivity contribution < 1.29 is 19.1 Å². The highest BCUT2D eigenvalue weighted by Crippen LogP contribution is 2.17. The van der Waals surface area contributed by atoms with Crippen molar-refractivity contribution in [3.8, 4) is 5.88 Å². The fourth-order valence-corrected chi connectivity index (χ4v) is 1.18. The topological polar surface area (TPSA) is 77.5 Å². The van der Waals surface area contributed by atoms with Gasteiger partial charge in [-0.05, 0) is 32.9 Å². The third-order valence-electron chi connectivity index (χ3n) is 1.84. The highest BCUT2D eigenvalue weighted by atomic mass is 16.6. The molecule has 0 saturated carbocycles. The van der Waals surface area contributed by atoms with Gasteiger partial charge in [-0.25, -0.2) is 4.79 Å². The van der Waals surface area contributed by atoms with Gasteiger partial charge in [0.15, 0.2) is 6.29 Å². The molecule has 1 amide bonds. The summed E-state index contributed by atoms with van der Waals surface area (Å²) in [4.78, 5) is 26.1. The molecule has 1 heterocycles. The zero-order chi connectivity index (χ0) is 13.8. The predicted molar refractivity (Wildman–Crippen MR) is 66.0 cm³/mol. The van der Waals surface area contributed by atoms with E-state index >= 15 is 0 Å². The van der Waals surface area contributed by atoms with Gasteiger partial charge in [-0.15, -0.1) is 0 Å². The van der Waals surface area contributed by atoms with Crippen molar-refractivity contribution in [3.63, 3.8) is 0 Å². The molecule has 6 nitrogen and oxygen atoms in total. The van der Waals surface area contributed by atoms with Crippen LogP contribution in [0.25, 0.3) is 0 Å². The number of amides is 1. The highest BCUT2D eigenvalue weighted by Gasteiger charge is 2.17. The largest absolute Gasteiger partial charge is 0.480 e. The van der Waals surface area contributed by atoms with Gasteiger partial charge < -0.3 is 9.47 Å². The lowest BCUT2D eigenvalue weighted by Gasteiger charge is -2.19. The number of nitrogens with zero attached hydrogens (tertiary/aromatic N) is 1. The Balaban J connectivity index is 2.80. The van der Waals surface area contributed by atoms with Crippen molar-refractivity contribution >= 4 is 18.2 Å². The summed E-state index contributed by atoms with van der Waals surface area (Å²) in [7, 11) is 1.40. The molecule has 0 radical (unpaired) electrons. The van der Waals surface area contributed by atoms with Crippen molar-refractivity contribution in [2.45, 2.75) is 26.4 Å². The summed E-state index contributed by atoms with van der Waals surface area (Å²) in [5, 5.41) is 2.46. The van der Waals surface area contributed by atoms with Crippen LogP contribution in [0.5, 0.6) is 5.88 Å². The quantitative estimate of drug-likeness (QED) is 0.835. The minimum absolute atomic E-state index is 0.151. The van der Waals surface area contributed by atoms with Crippen LogP contribution in [0.2, 0.25) is 0 Å². The molecule has 0 aliphatic carbocycles. The number of anilines is 1. The second-order valence-electron chi connectivity index (χ2n) is 4.54. The molecule has 1 aromatic heterocycles. The van der Waals surface area contributed by atoms with Crippen molar-refractivity contribution in [2.24, 2.45) is 0 Å². The number of pyridine rings is 1. The number of carbonyl (C=O) groups is 2. The first-order valence-electron chi connectivity index (χ1n) is 5.36. The number of aldehydes is 1. The van der Waals surface area contributed by atoms with E-state index in [1.54, 1.807) is 20.8 Å². The fourth-order valence-electron chi connectivity index (χ4n) is 1.18. The zero-order valence-electron chi connectivity index (χ0n) is 10.8.